The number of amides is 2. The molecule has 4 nitrogen and oxygen atoms in total. The number of nitrogens with one attached hydrogen (secondary N) is 2. The standard InChI is InChI=1S/C25H18Cl2F10N2O2/c1-3-14-18(26)7-13(8-19(14)27)16(24(32,33)34)9-20(28)12-4-5-15(17(6-12)25(35,36)37)22(41)39-11(2)21(40)38-10-23(29,30)31/h3-9,11,16H,1,10H2,2H3,(H,38,40)(H,39,41)/b20-9-/t11-,16-/m1/s1. The van der Waals surface area contributed by atoms with Gasteiger partial charge in [0.1, 0.15) is 24.3 Å². The van der Waals surface area contributed by atoms with E-state index in [2.05, 4.69) is 6.58 Å². The number of carbonyl (C=O) groups is 2. The molecule has 0 aliphatic heterocycles. The molecule has 0 fully saturated rings. The van der Waals surface area contributed by atoms with Crippen molar-refractivity contribution >= 4 is 46.9 Å². The van der Waals surface area contributed by atoms with Crippen molar-refractivity contribution in [1.82, 2.24) is 10.6 Å². The Balaban J connectivity index is 2.47. The van der Waals surface area contributed by atoms with Crippen LogP contribution in [-0.4, -0.2) is 36.8 Å². The molecule has 224 valence electrons. The third kappa shape index (κ3) is 9.12. The first-order chi connectivity index (χ1) is 18.7. The Kier molecular flexibility index (Phi) is 10.5. The second-order valence-corrected chi connectivity index (χ2v) is 9.24. The van der Waals surface area contributed by atoms with Crippen LogP contribution in [0.3, 0.4) is 0 Å². The number of hydrogen-bond donors (Lipinski definition) is 2. The van der Waals surface area contributed by atoms with Crippen LogP contribution >= 0.6 is 23.2 Å². The zero-order valence-corrected chi connectivity index (χ0v) is 22.0. The molecule has 2 aromatic carbocycles. The maximum Gasteiger partial charge on any atom is 0.417 e. The molecule has 0 aromatic heterocycles. The molecule has 0 saturated heterocycles. The molecular weight excluding hydrogens is 621 g/mol. The highest BCUT2D eigenvalue weighted by atomic mass is 35.5. The SMILES string of the molecule is C=Cc1c(Cl)cc([C@@H](/C=C(\F)c2ccc(C(=O)N[C@H](C)C(=O)NCC(F)(F)F)c(C(F)(F)F)c2)C(F)(F)F)cc1Cl. The molecule has 0 aliphatic rings. The monoisotopic (exact) mass is 638 g/mol. The third-order valence-electron chi connectivity index (χ3n) is 5.38. The summed E-state index contributed by atoms with van der Waals surface area (Å²) in [7, 11) is 0. The van der Waals surface area contributed by atoms with E-state index < -0.39 is 76.9 Å². The van der Waals surface area contributed by atoms with Gasteiger partial charge in [-0.1, -0.05) is 41.9 Å². The van der Waals surface area contributed by atoms with Gasteiger partial charge in [-0.25, -0.2) is 4.39 Å². The fraction of sp³-hybridized carbons (Fsp3) is 0.280. The maximum absolute atomic E-state index is 15.0. The summed E-state index contributed by atoms with van der Waals surface area (Å²) < 4.78 is 134. The van der Waals surface area contributed by atoms with E-state index >= 15 is 4.39 Å². The van der Waals surface area contributed by atoms with E-state index in [4.69, 9.17) is 23.2 Å². The van der Waals surface area contributed by atoms with Gasteiger partial charge in [-0.05, 0) is 42.8 Å². The Bertz CT molecular complexity index is 1330. The van der Waals surface area contributed by atoms with Crippen LogP contribution in [-0.2, 0) is 11.0 Å². The molecule has 0 heterocycles. The molecule has 2 amide bonds. The van der Waals surface area contributed by atoms with E-state index in [1.165, 1.54) is 11.4 Å². The Morgan fingerprint density at radius 1 is 0.976 bits per heavy atom. The van der Waals surface area contributed by atoms with Crippen molar-refractivity contribution in [2.24, 2.45) is 0 Å². The summed E-state index contributed by atoms with van der Waals surface area (Å²) in [5, 5.41) is 2.72. The minimum Gasteiger partial charge on any atom is -0.345 e. The largest absolute Gasteiger partial charge is 0.417 e. The second kappa shape index (κ2) is 12.7. The van der Waals surface area contributed by atoms with Gasteiger partial charge < -0.3 is 10.6 Å². The number of rotatable bonds is 8. The minimum atomic E-state index is -5.34. The summed E-state index contributed by atoms with van der Waals surface area (Å²) in [4.78, 5) is 24.2. The molecule has 0 spiro atoms. The van der Waals surface area contributed by atoms with Gasteiger partial charge in [0.2, 0.25) is 5.91 Å². The van der Waals surface area contributed by atoms with Crippen LogP contribution in [0.2, 0.25) is 10.0 Å². The average molecular weight is 639 g/mol. The van der Waals surface area contributed by atoms with E-state index in [1.54, 1.807) is 5.32 Å². The third-order valence-corrected chi connectivity index (χ3v) is 6.01. The van der Waals surface area contributed by atoms with E-state index in [0.717, 1.165) is 19.1 Å². The zero-order valence-electron chi connectivity index (χ0n) is 20.5. The fourth-order valence-corrected chi connectivity index (χ4v) is 4.06. The fourth-order valence-electron chi connectivity index (χ4n) is 3.41. The highest BCUT2D eigenvalue weighted by Gasteiger charge is 2.41. The molecule has 2 aromatic rings. The molecule has 0 aliphatic carbocycles. The van der Waals surface area contributed by atoms with Crippen LogP contribution in [0.5, 0.6) is 0 Å². The lowest BCUT2D eigenvalue weighted by atomic mass is 9.94. The first-order valence-electron chi connectivity index (χ1n) is 11.1. The number of hydrogen-bond acceptors (Lipinski definition) is 2. The molecular formula is C25H18Cl2F10N2O2. The molecule has 0 radical (unpaired) electrons. The van der Waals surface area contributed by atoms with Crippen molar-refractivity contribution in [3.63, 3.8) is 0 Å². The Labute approximate surface area is 236 Å². The summed E-state index contributed by atoms with van der Waals surface area (Å²) in [6.45, 7) is 2.53. The van der Waals surface area contributed by atoms with Crippen LogP contribution in [0.25, 0.3) is 11.9 Å². The molecule has 0 unspecified atom stereocenters. The van der Waals surface area contributed by atoms with Crippen LogP contribution < -0.4 is 10.6 Å². The molecule has 0 saturated carbocycles. The van der Waals surface area contributed by atoms with Crippen molar-refractivity contribution in [1.29, 1.82) is 0 Å². The van der Waals surface area contributed by atoms with Crippen LogP contribution in [0.1, 0.15) is 45.5 Å². The van der Waals surface area contributed by atoms with Crippen molar-refractivity contribution in [3.05, 3.63) is 80.8 Å². The number of carbonyl (C=O) groups excluding carboxylic acids is 2. The van der Waals surface area contributed by atoms with Crippen molar-refractivity contribution in [2.75, 3.05) is 6.54 Å². The van der Waals surface area contributed by atoms with Gasteiger partial charge >= 0.3 is 18.5 Å². The van der Waals surface area contributed by atoms with Crippen molar-refractivity contribution in [3.8, 4) is 0 Å². The van der Waals surface area contributed by atoms with Gasteiger partial charge in [0.25, 0.3) is 5.91 Å². The van der Waals surface area contributed by atoms with Crippen LogP contribution in [0.15, 0.2) is 43.0 Å². The zero-order chi connectivity index (χ0) is 31.5. The summed E-state index contributed by atoms with van der Waals surface area (Å²) in [5.74, 6) is -7.38. The van der Waals surface area contributed by atoms with Crippen molar-refractivity contribution in [2.45, 2.75) is 37.4 Å². The lowest BCUT2D eigenvalue weighted by Crippen LogP contribution is -2.47. The van der Waals surface area contributed by atoms with Crippen LogP contribution in [0.4, 0.5) is 43.9 Å². The number of benzene rings is 2. The Morgan fingerprint density at radius 2 is 1.54 bits per heavy atom. The second-order valence-electron chi connectivity index (χ2n) is 8.42. The number of alkyl halides is 9. The van der Waals surface area contributed by atoms with E-state index in [9.17, 15) is 49.1 Å². The van der Waals surface area contributed by atoms with Gasteiger partial charge in [-0.3, -0.25) is 9.59 Å². The maximum atomic E-state index is 15.0. The Morgan fingerprint density at radius 3 is 2.00 bits per heavy atom. The number of allylic oxidation sites excluding steroid dienone is 1. The topological polar surface area (TPSA) is 58.2 Å². The van der Waals surface area contributed by atoms with Gasteiger partial charge in [0.05, 0.1) is 11.1 Å². The average Bonchev–Trinajstić information content (AvgIpc) is 2.83. The van der Waals surface area contributed by atoms with Gasteiger partial charge in [0.15, 0.2) is 0 Å². The quantitative estimate of drug-likeness (QED) is 0.287. The normalized spacial score (nSPS) is 14.3. The highest BCUT2D eigenvalue weighted by molar-refractivity contribution is 6.37. The van der Waals surface area contributed by atoms with E-state index in [-0.39, 0.29) is 27.8 Å². The van der Waals surface area contributed by atoms with Gasteiger partial charge in [0, 0.05) is 21.2 Å². The van der Waals surface area contributed by atoms with Gasteiger partial charge in [-0.15, -0.1) is 0 Å². The molecule has 0 bridgehead atoms. The summed E-state index contributed by atoms with van der Waals surface area (Å²) in [6.07, 6.45) is -14.1. The molecule has 2 rings (SSSR count). The van der Waals surface area contributed by atoms with Crippen LogP contribution in [0, 0.1) is 0 Å². The first-order valence-corrected chi connectivity index (χ1v) is 11.8. The van der Waals surface area contributed by atoms with Gasteiger partial charge in [-0.2, -0.15) is 39.5 Å². The Hall–Kier alpha value is -3.26. The summed E-state index contributed by atoms with van der Waals surface area (Å²) in [5.41, 5.74) is -4.48. The molecule has 2 atom stereocenters. The lowest BCUT2D eigenvalue weighted by Gasteiger charge is -2.20. The highest BCUT2D eigenvalue weighted by Crippen LogP contribution is 2.42. The van der Waals surface area contributed by atoms with E-state index in [1.807, 2.05) is 0 Å². The molecule has 41 heavy (non-hydrogen) atoms. The molecule has 2 N–H and O–H groups in total. The predicted octanol–water partition coefficient (Wildman–Crippen LogP) is 8.11. The van der Waals surface area contributed by atoms with Crippen molar-refractivity contribution < 1.29 is 53.5 Å². The number of halogens is 12. The minimum absolute atomic E-state index is 0.00212. The summed E-state index contributed by atoms with van der Waals surface area (Å²) >= 11 is 11.8. The van der Waals surface area contributed by atoms with E-state index in [0.29, 0.717) is 12.1 Å². The smallest absolute Gasteiger partial charge is 0.345 e. The first kappa shape index (κ1) is 33.9. The summed E-state index contributed by atoms with van der Waals surface area (Å²) in [6, 6.07) is 1.05. The molecule has 16 heteroatoms. The predicted molar refractivity (Wildman–Crippen MR) is 132 cm³/mol. The lowest BCUT2D eigenvalue weighted by molar-refractivity contribution is -0.140.